The Morgan fingerprint density at radius 2 is 1.79 bits per heavy atom. The number of carbonyl (C=O) groups is 1. The average molecular weight is 394 g/mol. The third kappa shape index (κ3) is 5.16. The average Bonchev–Trinajstić information content (AvgIpc) is 3.25. The van der Waals surface area contributed by atoms with Gasteiger partial charge in [-0.2, -0.15) is 5.10 Å². The summed E-state index contributed by atoms with van der Waals surface area (Å²) < 4.78 is 21.7. The lowest BCUT2D eigenvalue weighted by molar-refractivity contribution is 0.0923. The Bertz CT molecular complexity index is 995. The van der Waals surface area contributed by atoms with Gasteiger partial charge in [0.25, 0.3) is 0 Å². The second-order valence-corrected chi connectivity index (χ2v) is 6.07. The number of hydrogen-bond donors (Lipinski definition) is 1. The van der Waals surface area contributed by atoms with Crippen molar-refractivity contribution >= 4 is 11.6 Å². The number of ether oxygens (including phenoxy) is 3. The first kappa shape index (κ1) is 20.0. The minimum absolute atomic E-state index is 0.144. The zero-order valence-corrected chi connectivity index (χ0v) is 16.5. The minimum atomic E-state index is -0.461. The number of hydrazone groups is 1. The first-order valence-corrected chi connectivity index (χ1v) is 8.94. The van der Waals surface area contributed by atoms with Gasteiger partial charge < -0.3 is 18.6 Å². The van der Waals surface area contributed by atoms with Gasteiger partial charge in [0.05, 0.1) is 19.9 Å². The molecular formula is C22H22N2O5. The van der Waals surface area contributed by atoms with E-state index in [4.69, 9.17) is 18.6 Å². The molecule has 0 atom stereocenters. The second-order valence-electron chi connectivity index (χ2n) is 6.07. The molecule has 0 aliphatic carbocycles. The fourth-order valence-electron chi connectivity index (χ4n) is 2.60. The summed E-state index contributed by atoms with van der Waals surface area (Å²) in [6.45, 7) is 1.99. The maximum Gasteiger partial charge on any atom is 0.307 e. The molecule has 0 saturated carbocycles. The predicted octanol–water partition coefficient (Wildman–Crippen LogP) is 4.03. The number of hydrogen-bond acceptors (Lipinski definition) is 6. The first-order chi connectivity index (χ1) is 14.1. The van der Waals surface area contributed by atoms with Crippen LogP contribution in [0, 0.1) is 0 Å². The van der Waals surface area contributed by atoms with Crippen molar-refractivity contribution in [2.45, 2.75) is 13.5 Å². The van der Waals surface area contributed by atoms with E-state index in [0.717, 1.165) is 5.75 Å². The zero-order chi connectivity index (χ0) is 20.6. The van der Waals surface area contributed by atoms with Gasteiger partial charge in [-0.25, -0.2) is 5.43 Å². The van der Waals surface area contributed by atoms with Crippen LogP contribution in [0.4, 0.5) is 0 Å². The summed E-state index contributed by atoms with van der Waals surface area (Å²) in [4.78, 5) is 12.3. The van der Waals surface area contributed by atoms with Gasteiger partial charge in [-0.3, -0.25) is 4.79 Å². The molecule has 7 heteroatoms. The Labute approximate surface area is 168 Å². The monoisotopic (exact) mass is 394 g/mol. The van der Waals surface area contributed by atoms with Crippen molar-refractivity contribution in [1.29, 1.82) is 0 Å². The highest BCUT2D eigenvalue weighted by Gasteiger charge is 2.13. The van der Waals surface area contributed by atoms with E-state index in [1.165, 1.54) is 0 Å². The molecule has 1 heterocycles. The van der Waals surface area contributed by atoms with Crippen molar-refractivity contribution in [2.24, 2.45) is 5.10 Å². The molecule has 2 aromatic carbocycles. The number of furan rings is 1. The fraction of sp³-hybridized carbons (Fsp3) is 0.182. The molecular weight excluding hydrogens is 372 g/mol. The molecule has 0 aliphatic heterocycles. The van der Waals surface area contributed by atoms with Gasteiger partial charge in [-0.15, -0.1) is 0 Å². The van der Waals surface area contributed by atoms with Crippen molar-refractivity contribution in [3.05, 3.63) is 77.7 Å². The number of benzene rings is 2. The molecule has 3 aromatic rings. The second kappa shape index (κ2) is 9.45. The van der Waals surface area contributed by atoms with E-state index in [9.17, 15) is 4.79 Å². The van der Waals surface area contributed by atoms with Crippen LogP contribution in [0.3, 0.4) is 0 Å². The predicted molar refractivity (Wildman–Crippen MR) is 109 cm³/mol. The van der Waals surface area contributed by atoms with Crippen LogP contribution in [-0.2, 0) is 6.61 Å². The van der Waals surface area contributed by atoms with E-state index in [-0.39, 0.29) is 12.4 Å². The van der Waals surface area contributed by atoms with E-state index in [0.29, 0.717) is 28.5 Å². The maximum absolute atomic E-state index is 12.3. The lowest BCUT2D eigenvalue weighted by atomic mass is 10.1. The zero-order valence-electron chi connectivity index (χ0n) is 16.5. The molecule has 1 amide bonds. The Morgan fingerprint density at radius 1 is 1.00 bits per heavy atom. The topological polar surface area (TPSA) is 82.3 Å². The summed E-state index contributed by atoms with van der Waals surface area (Å²) in [5, 5.41) is 4.15. The lowest BCUT2D eigenvalue weighted by Crippen LogP contribution is -2.19. The molecule has 1 aromatic heterocycles. The maximum atomic E-state index is 12.3. The van der Waals surface area contributed by atoms with Gasteiger partial charge in [0.2, 0.25) is 0 Å². The summed E-state index contributed by atoms with van der Waals surface area (Å²) in [5.74, 6) is 2.23. The molecule has 0 saturated heterocycles. The molecule has 0 aliphatic rings. The summed E-state index contributed by atoms with van der Waals surface area (Å²) in [5.41, 5.74) is 3.77. The fourth-order valence-corrected chi connectivity index (χ4v) is 2.60. The van der Waals surface area contributed by atoms with Gasteiger partial charge in [0, 0.05) is 5.56 Å². The van der Waals surface area contributed by atoms with Crippen LogP contribution >= 0.6 is 0 Å². The van der Waals surface area contributed by atoms with E-state index in [1.54, 1.807) is 51.5 Å². The van der Waals surface area contributed by atoms with Crippen LogP contribution in [0.2, 0.25) is 0 Å². The molecule has 0 radical (unpaired) electrons. The van der Waals surface area contributed by atoms with Crippen molar-refractivity contribution < 1.29 is 23.4 Å². The van der Waals surface area contributed by atoms with Crippen LogP contribution < -0.4 is 19.6 Å². The summed E-state index contributed by atoms with van der Waals surface area (Å²) in [6.07, 6.45) is 0. The smallest absolute Gasteiger partial charge is 0.307 e. The summed E-state index contributed by atoms with van der Waals surface area (Å²) in [7, 11) is 3.15. The molecule has 3 rings (SSSR count). The van der Waals surface area contributed by atoms with Gasteiger partial charge in [-0.1, -0.05) is 18.2 Å². The van der Waals surface area contributed by atoms with E-state index >= 15 is 0 Å². The SMILES string of the molecule is COc1ccc(OC)c(/C(C)=N\NC(=O)c2ccc(COc3ccccc3)o2)c1. The van der Waals surface area contributed by atoms with Crippen molar-refractivity contribution in [1.82, 2.24) is 5.43 Å². The highest BCUT2D eigenvalue weighted by molar-refractivity contribution is 6.02. The minimum Gasteiger partial charge on any atom is -0.497 e. The van der Waals surface area contributed by atoms with Crippen molar-refractivity contribution in [2.75, 3.05) is 14.2 Å². The summed E-state index contributed by atoms with van der Waals surface area (Å²) in [6, 6.07) is 18.0. The quantitative estimate of drug-likeness (QED) is 0.461. The Kier molecular flexibility index (Phi) is 6.52. The molecule has 7 nitrogen and oxygen atoms in total. The number of carbonyl (C=O) groups excluding carboxylic acids is 1. The van der Waals surface area contributed by atoms with Crippen LogP contribution in [0.1, 0.15) is 28.8 Å². The van der Waals surface area contributed by atoms with Crippen molar-refractivity contribution in [3.63, 3.8) is 0 Å². The van der Waals surface area contributed by atoms with Crippen LogP contribution in [0.5, 0.6) is 17.2 Å². The number of nitrogens with zero attached hydrogens (tertiary/aromatic N) is 1. The number of amides is 1. The lowest BCUT2D eigenvalue weighted by Gasteiger charge is -2.10. The third-order valence-corrected chi connectivity index (χ3v) is 4.13. The van der Waals surface area contributed by atoms with E-state index in [2.05, 4.69) is 10.5 Å². The number of rotatable bonds is 8. The molecule has 1 N–H and O–H groups in total. The summed E-state index contributed by atoms with van der Waals surface area (Å²) >= 11 is 0. The van der Waals surface area contributed by atoms with Crippen LogP contribution in [0.25, 0.3) is 0 Å². The van der Waals surface area contributed by atoms with Crippen LogP contribution in [0.15, 0.2) is 70.2 Å². The number of methoxy groups -OCH3 is 2. The number of nitrogens with one attached hydrogen (secondary N) is 1. The molecule has 0 spiro atoms. The highest BCUT2D eigenvalue weighted by atomic mass is 16.5. The third-order valence-electron chi connectivity index (χ3n) is 4.13. The molecule has 150 valence electrons. The normalized spacial score (nSPS) is 11.1. The largest absolute Gasteiger partial charge is 0.497 e. The van der Waals surface area contributed by atoms with Gasteiger partial charge in [0.1, 0.15) is 29.6 Å². The Morgan fingerprint density at radius 3 is 2.52 bits per heavy atom. The first-order valence-electron chi connectivity index (χ1n) is 8.94. The Balaban J connectivity index is 1.64. The van der Waals surface area contributed by atoms with Crippen LogP contribution in [-0.4, -0.2) is 25.8 Å². The molecule has 0 unspecified atom stereocenters. The molecule has 0 bridgehead atoms. The number of para-hydroxylation sites is 1. The van der Waals surface area contributed by atoms with Gasteiger partial charge >= 0.3 is 5.91 Å². The molecule has 29 heavy (non-hydrogen) atoms. The Hall–Kier alpha value is -3.74. The van der Waals surface area contributed by atoms with Gasteiger partial charge in [0.15, 0.2) is 5.76 Å². The molecule has 0 fully saturated rings. The van der Waals surface area contributed by atoms with E-state index in [1.807, 2.05) is 30.3 Å². The van der Waals surface area contributed by atoms with Crippen molar-refractivity contribution in [3.8, 4) is 17.2 Å². The highest BCUT2D eigenvalue weighted by Crippen LogP contribution is 2.24. The van der Waals surface area contributed by atoms with E-state index < -0.39 is 5.91 Å². The van der Waals surface area contributed by atoms with Gasteiger partial charge in [-0.05, 0) is 49.4 Å². The standard InChI is InChI=1S/C22H22N2O5/c1-15(19-13-17(26-2)9-11-20(19)27-3)23-24-22(25)21-12-10-18(29-21)14-28-16-7-5-4-6-8-16/h4-13H,14H2,1-3H3,(H,24,25)/b23-15-.